The van der Waals surface area contributed by atoms with E-state index in [1.54, 1.807) is 11.8 Å². The first kappa shape index (κ1) is 20.5. The molecule has 0 saturated heterocycles. The lowest BCUT2D eigenvalue weighted by Crippen LogP contribution is -2.31. The number of fused-ring (bicyclic) bond motifs is 1. The van der Waals surface area contributed by atoms with Crippen molar-refractivity contribution in [2.75, 3.05) is 24.0 Å². The van der Waals surface area contributed by atoms with Crippen molar-refractivity contribution < 1.29 is 9.53 Å². The average molecular weight is 486 g/mol. The SMILES string of the molecule is COc1ccccc1NC(=O)C1=C(C)Nc2nc(SC)nn2[C@H]1c1cccc(Br)c1. The number of rotatable bonds is 5. The van der Waals surface area contributed by atoms with Crippen LogP contribution >= 0.6 is 27.7 Å². The summed E-state index contributed by atoms with van der Waals surface area (Å²) in [6.45, 7) is 1.87. The third-order valence-corrected chi connectivity index (χ3v) is 5.81. The van der Waals surface area contributed by atoms with Crippen LogP contribution in [-0.4, -0.2) is 34.0 Å². The molecular formula is C21H20BrN5O2S. The van der Waals surface area contributed by atoms with Gasteiger partial charge in [0, 0.05) is 10.2 Å². The Bertz CT molecular complexity index is 1140. The van der Waals surface area contributed by atoms with Gasteiger partial charge in [-0.05, 0) is 43.0 Å². The Kier molecular flexibility index (Phi) is 5.83. The van der Waals surface area contributed by atoms with E-state index >= 15 is 0 Å². The third-order valence-electron chi connectivity index (χ3n) is 4.78. The minimum atomic E-state index is -0.429. The number of halogens is 1. The minimum Gasteiger partial charge on any atom is -0.495 e. The number of nitrogens with zero attached hydrogens (tertiary/aromatic N) is 3. The van der Waals surface area contributed by atoms with Gasteiger partial charge in [-0.1, -0.05) is 52.0 Å². The van der Waals surface area contributed by atoms with Crippen LogP contribution in [0.5, 0.6) is 5.75 Å². The second-order valence-electron chi connectivity index (χ2n) is 6.64. The number of carbonyl (C=O) groups excluding carboxylic acids is 1. The predicted molar refractivity (Wildman–Crippen MR) is 122 cm³/mol. The zero-order valence-electron chi connectivity index (χ0n) is 16.6. The van der Waals surface area contributed by atoms with E-state index in [4.69, 9.17) is 4.74 Å². The fourth-order valence-electron chi connectivity index (χ4n) is 3.43. The molecule has 0 unspecified atom stereocenters. The van der Waals surface area contributed by atoms with E-state index in [9.17, 15) is 4.79 Å². The van der Waals surface area contributed by atoms with Crippen LogP contribution in [0.4, 0.5) is 11.6 Å². The smallest absolute Gasteiger partial charge is 0.255 e. The number of methoxy groups -OCH3 is 1. The van der Waals surface area contributed by atoms with Crippen LogP contribution in [0, 0.1) is 0 Å². The van der Waals surface area contributed by atoms with Gasteiger partial charge in [0.15, 0.2) is 0 Å². The molecule has 1 aliphatic rings. The molecule has 3 aromatic rings. The monoisotopic (exact) mass is 485 g/mol. The van der Waals surface area contributed by atoms with E-state index in [-0.39, 0.29) is 5.91 Å². The van der Waals surface area contributed by atoms with Crippen LogP contribution in [0.1, 0.15) is 18.5 Å². The topological polar surface area (TPSA) is 81.1 Å². The Morgan fingerprint density at radius 3 is 2.80 bits per heavy atom. The molecule has 2 heterocycles. The first-order valence-electron chi connectivity index (χ1n) is 9.20. The van der Waals surface area contributed by atoms with Gasteiger partial charge in [0.05, 0.1) is 18.4 Å². The number of anilines is 2. The number of benzene rings is 2. The van der Waals surface area contributed by atoms with Crippen molar-refractivity contribution in [2.45, 2.75) is 18.1 Å². The van der Waals surface area contributed by atoms with E-state index in [1.807, 2.05) is 61.7 Å². The van der Waals surface area contributed by atoms with Crippen LogP contribution < -0.4 is 15.4 Å². The summed E-state index contributed by atoms with van der Waals surface area (Å²) < 4.78 is 8.06. The van der Waals surface area contributed by atoms with E-state index in [1.165, 1.54) is 11.8 Å². The molecule has 0 spiro atoms. The van der Waals surface area contributed by atoms with E-state index in [0.29, 0.717) is 28.1 Å². The lowest BCUT2D eigenvalue weighted by Gasteiger charge is -2.29. The van der Waals surface area contributed by atoms with Crippen LogP contribution in [0.15, 0.2) is 69.4 Å². The van der Waals surface area contributed by atoms with E-state index in [2.05, 4.69) is 36.6 Å². The molecule has 7 nitrogen and oxygen atoms in total. The number of aromatic nitrogens is 3. The summed E-state index contributed by atoms with van der Waals surface area (Å²) in [5.74, 6) is 0.968. The summed E-state index contributed by atoms with van der Waals surface area (Å²) in [5.41, 5.74) is 2.81. The van der Waals surface area contributed by atoms with Gasteiger partial charge in [0.1, 0.15) is 11.8 Å². The second kappa shape index (κ2) is 8.53. The van der Waals surface area contributed by atoms with E-state index < -0.39 is 6.04 Å². The highest BCUT2D eigenvalue weighted by Crippen LogP contribution is 2.37. The Morgan fingerprint density at radius 1 is 1.27 bits per heavy atom. The van der Waals surface area contributed by atoms with Gasteiger partial charge < -0.3 is 15.4 Å². The molecule has 0 fully saturated rings. The van der Waals surface area contributed by atoms with Crippen LogP contribution in [0.25, 0.3) is 0 Å². The molecule has 2 aromatic carbocycles. The molecule has 2 N–H and O–H groups in total. The molecule has 1 amide bonds. The Morgan fingerprint density at radius 2 is 2.07 bits per heavy atom. The molecule has 154 valence electrons. The van der Waals surface area contributed by atoms with Crippen molar-refractivity contribution in [3.63, 3.8) is 0 Å². The number of thioether (sulfide) groups is 1. The number of para-hydroxylation sites is 2. The number of nitrogens with one attached hydrogen (secondary N) is 2. The molecule has 1 aliphatic heterocycles. The zero-order valence-corrected chi connectivity index (χ0v) is 19.0. The van der Waals surface area contributed by atoms with Crippen molar-refractivity contribution in [2.24, 2.45) is 0 Å². The van der Waals surface area contributed by atoms with Crippen molar-refractivity contribution >= 4 is 45.2 Å². The van der Waals surface area contributed by atoms with Gasteiger partial charge >= 0.3 is 0 Å². The number of hydrogen-bond acceptors (Lipinski definition) is 6. The molecule has 0 radical (unpaired) electrons. The van der Waals surface area contributed by atoms with Gasteiger partial charge in [-0.3, -0.25) is 4.79 Å². The minimum absolute atomic E-state index is 0.235. The van der Waals surface area contributed by atoms with E-state index in [0.717, 1.165) is 15.7 Å². The molecule has 4 rings (SSSR count). The van der Waals surface area contributed by atoms with Gasteiger partial charge in [-0.2, -0.15) is 4.98 Å². The summed E-state index contributed by atoms with van der Waals surface area (Å²) in [7, 11) is 1.58. The lowest BCUT2D eigenvalue weighted by molar-refractivity contribution is -0.113. The summed E-state index contributed by atoms with van der Waals surface area (Å²) in [6.07, 6.45) is 1.92. The number of amides is 1. The molecule has 1 aromatic heterocycles. The maximum Gasteiger partial charge on any atom is 0.255 e. The summed E-state index contributed by atoms with van der Waals surface area (Å²) in [4.78, 5) is 18.0. The normalized spacial score (nSPS) is 15.4. The quantitative estimate of drug-likeness (QED) is 0.509. The molecule has 0 saturated carbocycles. The van der Waals surface area contributed by atoms with Crippen LogP contribution in [0.2, 0.25) is 0 Å². The second-order valence-corrected chi connectivity index (χ2v) is 8.33. The summed E-state index contributed by atoms with van der Waals surface area (Å²) in [6, 6.07) is 14.8. The zero-order chi connectivity index (χ0) is 21.3. The largest absolute Gasteiger partial charge is 0.495 e. The molecule has 0 aliphatic carbocycles. The number of allylic oxidation sites excluding steroid dienone is 1. The fraction of sp³-hybridized carbons (Fsp3) is 0.190. The van der Waals surface area contributed by atoms with Crippen LogP contribution in [0.3, 0.4) is 0 Å². The summed E-state index contributed by atoms with van der Waals surface area (Å²) >= 11 is 4.99. The maximum atomic E-state index is 13.5. The number of carbonyl (C=O) groups is 1. The third kappa shape index (κ3) is 3.82. The van der Waals surface area contributed by atoms with Crippen LogP contribution in [-0.2, 0) is 4.79 Å². The van der Waals surface area contributed by atoms with Crippen molar-refractivity contribution in [3.8, 4) is 5.75 Å². The fourth-order valence-corrected chi connectivity index (χ4v) is 4.20. The number of ether oxygens (including phenoxy) is 1. The van der Waals surface area contributed by atoms with Gasteiger partial charge in [0.2, 0.25) is 11.1 Å². The first-order valence-corrected chi connectivity index (χ1v) is 11.2. The molecule has 0 bridgehead atoms. The summed E-state index contributed by atoms with van der Waals surface area (Å²) in [5, 5.41) is 11.5. The number of hydrogen-bond donors (Lipinski definition) is 2. The van der Waals surface area contributed by atoms with Gasteiger partial charge in [-0.25, -0.2) is 4.68 Å². The Labute approximate surface area is 187 Å². The Balaban J connectivity index is 1.80. The lowest BCUT2D eigenvalue weighted by atomic mass is 9.95. The van der Waals surface area contributed by atoms with Crippen molar-refractivity contribution in [3.05, 3.63) is 69.8 Å². The molecule has 1 atom stereocenters. The van der Waals surface area contributed by atoms with Crippen molar-refractivity contribution in [1.29, 1.82) is 0 Å². The highest BCUT2D eigenvalue weighted by molar-refractivity contribution is 9.10. The van der Waals surface area contributed by atoms with Gasteiger partial charge in [0.25, 0.3) is 5.91 Å². The standard InChI is InChI=1S/C21H20BrN5O2S/c1-12-17(19(28)24-15-9-4-5-10-16(15)29-2)18(13-7-6-8-14(22)11-13)27-20(23-12)25-21(26-27)30-3/h4-11,18H,1-3H3,(H,24,28)(H,23,25,26)/t18-/m0/s1. The maximum absolute atomic E-state index is 13.5. The molecule has 30 heavy (non-hydrogen) atoms. The Hall–Kier alpha value is -2.78. The molecular weight excluding hydrogens is 466 g/mol. The first-order chi connectivity index (χ1) is 14.5. The highest BCUT2D eigenvalue weighted by Gasteiger charge is 2.34. The predicted octanol–water partition coefficient (Wildman–Crippen LogP) is 4.70. The highest BCUT2D eigenvalue weighted by atomic mass is 79.9. The van der Waals surface area contributed by atoms with Gasteiger partial charge in [-0.15, -0.1) is 5.10 Å². The average Bonchev–Trinajstić information content (AvgIpc) is 3.15. The molecule has 9 heteroatoms. The van der Waals surface area contributed by atoms with Crippen molar-refractivity contribution in [1.82, 2.24) is 14.8 Å².